The van der Waals surface area contributed by atoms with Crippen molar-refractivity contribution in [2.75, 3.05) is 7.11 Å². The predicted octanol–water partition coefficient (Wildman–Crippen LogP) is 2.57. The summed E-state index contributed by atoms with van der Waals surface area (Å²) in [6.07, 6.45) is 0. The van der Waals surface area contributed by atoms with Gasteiger partial charge in [-0.3, -0.25) is 0 Å². The summed E-state index contributed by atoms with van der Waals surface area (Å²) in [4.78, 5) is 16.0. The van der Waals surface area contributed by atoms with Crippen LogP contribution in [0.5, 0.6) is 0 Å². The van der Waals surface area contributed by atoms with Gasteiger partial charge in [0.25, 0.3) is 0 Å². The lowest BCUT2D eigenvalue weighted by molar-refractivity contribution is 0.0642. The van der Waals surface area contributed by atoms with E-state index < -0.39 is 5.97 Å². The number of benzene rings is 1. The molecule has 1 heterocycles. The molecule has 0 aliphatic carbocycles. The number of aromatic nitrogens is 1. The number of carbonyl (C=O) groups is 1. The average Bonchev–Trinajstić information content (AvgIpc) is 2.73. The lowest BCUT2D eigenvalue weighted by atomic mass is 10.2. The minimum absolute atomic E-state index is 0.0810. The zero-order valence-corrected chi connectivity index (χ0v) is 9.81. The van der Waals surface area contributed by atoms with Crippen LogP contribution in [-0.4, -0.2) is 22.9 Å². The van der Waals surface area contributed by atoms with Gasteiger partial charge >= 0.3 is 5.97 Å². The number of rotatable bonds is 3. The Hall–Kier alpha value is -1.94. The van der Waals surface area contributed by atoms with E-state index in [1.165, 1.54) is 17.9 Å². The number of nitrogens with zero attached hydrogens (tertiary/aromatic N) is 1. The Labute approximate surface area is 103 Å². The van der Waals surface area contributed by atoms with Crippen molar-refractivity contribution < 1.29 is 14.7 Å². The second-order valence-electron chi connectivity index (χ2n) is 3.39. The first-order valence-corrected chi connectivity index (χ1v) is 5.26. The molecule has 88 valence electrons. The van der Waals surface area contributed by atoms with Crippen LogP contribution >= 0.6 is 11.6 Å². The summed E-state index contributed by atoms with van der Waals surface area (Å²) in [5.41, 5.74) is 1.59. The van der Waals surface area contributed by atoms with E-state index >= 15 is 0 Å². The fourth-order valence-corrected chi connectivity index (χ4v) is 1.74. The molecule has 0 saturated heterocycles. The standard InChI is InChI=1S/C12H10ClNO3/c1-17-14-10(6-7-11(14)12(15)16)8-2-4-9(13)5-3-8/h2-7H,1H3,(H,15,16). The molecule has 0 saturated carbocycles. The number of hydrogen-bond donors (Lipinski definition) is 1. The Kier molecular flexibility index (Phi) is 3.06. The van der Waals surface area contributed by atoms with Gasteiger partial charge in [0.2, 0.25) is 0 Å². The first-order chi connectivity index (χ1) is 8.13. The summed E-state index contributed by atoms with van der Waals surface area (Å²) >= 11 is 5.80. The minimum Gasteiger partial charge on any atom is -0.476 e. The molecule has 1 N–H and O–H groups in total. The number of carboxylic acids is 1. The van der Waals surface area contributed by atoms with Crippen molar-refractivity contribution in [1.82, 2.24) is 4.73 Å². The van der Waals surface area contributed by atoms with Gasteiger partial charge < -0.3 is 9.94 Å². The molecule has 5 heteroatoms. The van der Waals surface area contributed by atoms with Gasteiger partial charge in [-0.2, -0.15) is 4.73 Å². The summed E-state index contributed by atoms with van der Waals surface area (Å²) in [6, 6.07) is 10.3. The Balaban J connectivity index is 2.52. The molecule has 0 atom stereocenters. The van der Waals surface area contributed by atoms with E-state index in [0.717, 1.165) is 5.56 Å². The maximum absolute atomic E-state index is 11.0. The Morgan fingerprint density at radius 3 is 2.41 bits per heavy atom. The highest BCUT2D eigenvalue weighted by molar-refractivity contribution is 6.30. The van der Waals surface area contributed by atoms with Crippen molar-refractivity contribution in [2.24, 2.45) is 0 Å². The molecule has 0 unspecified atom stereocenters. The lowest BCUT2D eigenvalue weighted by Gasteiger charge is -2.09. The average molecular weight is 252 g/mol. The van der Waals surface area contributed by atoms with Crippen molar-refractivity contribution in [3.05, 3.63) is 47.1 Å². The number of carboxylic acid groups (broad SMARTS) is 1. The third kappa shape index (κ3) is 2.12. The number of aromatic carboxylic acids is 1. The highest BCUT2D eigenvalue weighted by Gasteiger charge is 2.15. The first kappa shape index (κ1) is 11.5. The van der Waals surface area contributed by atoms with Gasteiger partial charge in [-0.1, -0.05) is 23.7 Å². The third-order valence-corrected chi connectivity index (χ3v) is 2.63. The highest BCUT2D eigenvalue weighted by Crippen LogP contribution is 2.23. The highest BCUT2D eigenvalue weighted by atomic mass is 35.5. The molecule has 0 bridgehead atoms. The second kappa shape index (κ2) is 4.51. The molecule has 0 aliphatic heterocycles. The van der Waals surface area contributed by atoms with E-state index in [4.69, 9.17) is 21.5 Å². The molecule has 4 nitrogen and oxygen atoms in total. The van der Waals surface area contributed by atoms with Gasteiger partial charge in [0.15, 0.2) is 5.69 Å². The van der Waals surface area contributed by atoms with Gasteiger partial charge in [-0.25, -0.2) is 4.79 Å². The van der Waals surface area contributed by atoms with Crippen molar-refractivity contribution >= 4 is 17.6 Å². The maximum Gasteiger partial charge on any atom is 0.356 e. The minimum atomic E-state index is -1.04. The van der Waals surface area contributed by atoms with Crippen LogP contribution in [0.2, 0.25) is 5.02 Å². The largest absolute Gasteiger partial charge is 0.476 e. The summed E-state index contributed by atoms with van der Waals surface area (Å²) in [5, 5.41) is 9.61. The van der Waals surface area contributed by atoms with E-state index in [1.54, 1.807) is 30.3 Å². The molecule has 0 fully saturated rings. The summed E-state index contributed by atoms with van der Waals surface area (Å²) in [5.74, 6) is -1.04. The molecular formula is C12H10ClNO3. The topological polar surface area (TPSA) is 51.5 Å². The molecule has 1 aromatic carbocycles. The SMILES string of the molecule is COn1c(C(=O)O)ccc1-c1ccc(Cl)cc1. The predicted molar refractivity (Wildman–Crippen MR) is 64.3 cm³/mol. The fraction of sp³-hybridized carbons (Fsp3) is 0.0833. The van der Waals surface area contributed by atoms with E-state index in [2.05, 4.69) is 0 Å². The second-order valence-corrected chi connectivity index (χ2v) is 3.83. The van der Waals surface area contributed by atoms with Crippen LogP contribution in [0.1, 0.15) is 10.5 Å². The van der Waals surface area contributed by atoms with Gasteiger partial charge in [0.1, 0.15) is 7.11 Å². The number of halogens is 1. The molecular weight excluding hydrogens is 242 g/mol. The van der Waals surface area contributed by atoms with Crippen LogP contribution in [0.25, 0.3) is 11.3 Å². The summed E-state index contributed by atoms with van der Waals surface area (Å²) < 4.78 is 1.27. The molecule has 1 aromatic heterocycles. The van der Waals surface area contributed by atoms with E-state index in [0.29, 0.717) is 10.7 Å². The van der Waals surface area contributed by atoms with Crippen molar-refractivity contribution in [3.8, 4) is 11.3 Å². The van der Waals surface area contributed by atoms with Crippen LogP contribution in [-0.2, 0) is 0 Å². The van der Waals surface area contributed by atoms with Crippen LogP contribution in [0.3, 0.4) is 0 Å². The Morgan fingerprint density at radius 1 is 1.24 bits per heavy atom. The first-order valence-electron chi connectivity index (χ1n) is 4.89. The third-order valence-electron chi connectivity index (χ3n) is 2.38. The van der Waals surface area contributed by atoms with Gasteiger partial charge in [0, 0.05) is 10.6 Å². The van der Waals surface area contributed by atoms with Gasteiger partial charge in [0.05, 0.1) is 5.69 Å². The lowest BCUT2D eigenvalue weighted by Crippen LogP contribution is -2.14. The molecule has 0 spiro atoms. The quantitative estimate of drug-likeness (QED) is 0.912. The van der Waals surface area contributed by atoms with Crippen LogP contribution in [0.15, 0.2) is 36.4 Å². The molecule has 0 radical (unpaired) electrons. The van der Waals surface area contributed by atoms with Crippen LogP contribution < -0.4 is 4.84 Å². The molecule has 0 amide bonds. The van der Waals surface area contributed by atoms with E-state index in [-0.39, 0.29) is 5.69 Å². The maximum atomic E-state index is 11.0. The zero-order chi connectivity index (χ0) is 12.4. The van der Waals surface area contributed by atoms with E-state index in [9.17, 15) is 4.79 Å². The van der Waals surface area contributed by atoms with Crippen LogP contribution in [0.4, 0.5) is 0 Å². The smallest absolute Gasteiger partial charge is 0.356 e. The monoisotopic (exact) mass is 251 g/mol. The number of hydrogen-bond acceptors (Lipinski definition) is 2. The van der Waals surface area contributed by atoms with Crippen LogP contribution in [0, 0.1) is 0 Å². The summed E-state index contributed by atoms with van der Waals surface area (Å²) in [7, 11) is 1.42. The summed E-state index contributed by atoms with van der Waals surface area (Å²) in [6.45, 7) is 0. The molecule has 17 heavy (non-hydrogen) atoms. The zero-order valence-electron chi connectivity index (χ0n) is 9.05. The molecule has 0 aliphatic rings. The van der Waals surface area contributed by atoms with Crippen molar-refractivity contribution in [2.45, 2.75) is 0 Å². The molecule has 2 rings (SSSR count). The normalized spacial score (nSPS) is 10.2. The van der Waals surface area contributed by atoms with Gasteiger partial charge in [-0.05, 0) is 24.3 Å². The Morgan fingerprint density at radius 2 is 1.88 bits per heavy atom. The molecule has 2 aromatic rings. The fourth-order valence-electron chi connectivity index (χ4n) is 1.61. The van der Waals surface area contributed by atoms with Crippen molar-refractivity contribution in [1.29, 1.82) is 0 Å². The Bertz CT molecular complexity index is 545. The van der Waals surface area contributed by atoms with Crippen molar-refractivity contribution in [3.63, 3.8) is 0 Å². The van der Waals surface area contributed by atoms with Gasteiger partial charge in [-0.15, -0.1) is 0 Å². The van der Waals surface area contributed by atoms with E-state index in [1.807, 2.05) is 0 Å².